The highest BCUT2D eigenvalue weighted by molar-refractivity contribution is 5.15. The second-order valence-corrected chi connectivity index (χ2v) is 5.19. The number of benzene rings is 1. The lowest BCUT2D eigenvalue weighted by Crippen LogP contribution is -2.31. The maximum Gasteiger partial charge on any atom is 0.0107 e. The first-order valence-corrected chi connectivity index (χ1v) is 7.64. The zero-order valence-electron chi connectivity index (χ0n) is 12.1. The van der Waals surface area contributed by atoms with Crippen LogP contribution in [0.5, 0.6) is 0 Å². The average Bonchev–Trinajstić information content (AvgIpc) is 2.41. The number of nitrogens with one attached hydrogen (secondary N) is 1. The smallest absolute Gasteiger partial charge is 0.0107 e. The molecule has 1 heteroatoms. The van der Waals surface area contributed by atoms with Gasteiger partial charge in [0, 0.05) is 6.04 Å². The highest BCUT2D eigenvalue weighted by atomic mass is 14.9. The van der Waals surface area contributed by atoms with Crippen LogP contribution in [-0.4, -0.2) is 12.6 Å². The van der Waals surface area contributed by atoms with Crippen molar-refractivity contribution in [2.75, 3.05) is 6.54 Å². The Hall–Kier alpha value is -0.820. The fourth-order valence-corrected chi connectivity index (χ4v) is 2.34. The second kappa shape index (κ2) is 10.1. The van der Waals surface area contributed by atoms with Crippen LogP contribution in [0.4, 0.5) is 0 Å². The number of unbranched alkanes of at least 4 members (excludes halogenated alkanes) is 3. The minimum Gasteiger partial charge on any atom is -0.314 e. The maximum atomic E-state index is 3.69. The van der Waals surface area contributed by atoms with Crippen LogP contribution in [0, 0.1) is 0 Å². The van der Waals surface area contributed by atoms with Crippen LogP contribution in [0.1, 0.15) is 57.9 Å². The molecule has 0 aliphatic carbocycles. The molecule has 1 atom stereocenters. The third kappa shape index (κ3) is 6.80. The van der Waals surface area contributed by atoms with Crippen molar-refractivity contribution < 1.29 is 0 Å². The molecule has 0 spiro atoms. The molecule has 0 saturated heterocycles. The summed E-state index contributed by atoms with van der Waals surface area (Å²) in [6, 6.07) is 11.5. The zero-order valence-corrected chi connectivity index (χ0v) is 12.1. The summed E-state index contributed by atoms with van der Waals surface area (Å²) in [6.45, 7) is 5.66. The summed E-state index contributed by atoms with van der Waals surface area (Å²) in [5.41, 5.74) is 1.46. The Labute approximate surface area is 113 Å². The molecule has 0 bridgehead atoms. The number of hydrogen-bond acceptors (Lipinski definition) is 1. The quantitative estimate of drug-likeness (QED) is 0.597. The van der Waals surface area contributed by atoms with Gasteiger partial charge in [0.15, 0.2) is 0 Å². The van der Waals surface area contributed by atoms with E-state index in [1.807, 2.05) is 0 Å². The van der Waals surface area contributed by atoms with Crippen LogP contribution in [0.3, 0.4) is 0 Å². The Morgan fingerprint density at radius 3 is 2.39 bits per heavy atom. The van der Waals surface area contributed by atoms with E-state index >= 15 is 0 Å². The van der Waals surface area contributed by atoms with E-state index in [2.05, 4.69) is 49.5 Å². The number of hydrogen-bond donors (Lipinski definition) is 1. The molecule has 18 heavy (non-hydrogen) atoms. The van der Waals surface area contributed by atoms with Crippen LogP contribution in [0.2, 0.25) is 0 Å². The summed E-state index contributed by atoms with van der Waals surface area (Å²) in [6.07, 6.45) is 9.16. The topological polar surface area (TPSA) is 12.0 Å². The molecule has 1 nitrogen and oxygen atoms in total. The van der Waals surface area contributed by atoms with Gasteiger partial charge in [-0.1, -0.05) is 69.9 Å². The van der Waals surface area contributed by atoms with E-state index in [9.17, 15) is 0 Å². The highest BCUT2D eigenvalue weighted by Gasteiger charge is 2.08. The van der Waals surface area contributed by atoms with Gasteiger partial charge in [-0.3, -0.25) is 0 Å². The molecule has 102 valence electrons. The predicted octanol–water partition coefficient (Wildman–Crippen LogP) is 4.57. The standard InChI is InChI=1S/C17H29N/c1-3-5-6-10-13-17(18-14-4-2)15-16-11-8-7-9-12-16/h7-9,11-12,17-18H,3-6,10,13-15H2,1-2H3. The fraction of sp³-hybridized carbons (Fsp3) is 0.647. The molecule has 1 aromatic carbocycles. The zero-order chi connectivity index (χ0) is 13.1. The third-order valence-corrected chi connectivity index (χ3v) is 3.41. The molecule has 0 aliphatic rings. The lowest BCUT2D eigenvalue weighted by Gasteiger charge is -2.18. The second-order valence-electron chi connectivity index (χ2n) is 5.19. The first-order chi connectivity index (χ1) is 8.86. The minimum atomic E-state index is 0.657. The first kappa shape index (κ1) is 15.2. The van der Waals surface area contributed by atoms with Crippen molar-refractivity contribution in [2.45, 2.75) is 64.8 Å². The van der Waals surface area contributed by atoms with Gasteiger partial charge in [-0.15, -0.1) is 0 Å². The molecule has 0 aromatic heterocycles. The van der Waals surface area contributed by atoms with E-state index in [0.717, 1.165) is 6.54 Å². The van der Waals surface area contributed by atoms with Crippen molar-refractivity contribution in [3.05, 3.63) is 35.9 Å². The summed E-state index contributed by atoms with van der Waals surface area (Å²) in [5.74, 6) is 0. The Morgan fingerprint density at radius 2 is 1.72 bits per heavy atom. The van der Waals surface area contributed by atoms with Crippen molar-refractivity contribution in [1.82, 2.24) is 5.32 Å². The predicted molar refractivity (Wildman–Crippen MR) is 81.0 cm³/mol. The van der Waals surface area contributed by atoms with Crippen molar-refractivity contribution in [1.29, 1.82) is 0 Å². The Bertz CT molecular complexity index is 281. The molecule has 1 aromatic rings. The molecule has 0 aliphatic heterocycles. The summed E-state index contributed by atoms with van der Waals surface area (Å²) < 4.78 is 0. The molecule has 0 heterocycles. The van der Waals surface area contributed by atoms with Gasteiger partial charge in [-0.25, -0.2) is 0 Å². The van der Waals surface area contributed by atoms with Gasteiger partial charge in [0.1, 0.15) is 0 Å². The van der Waals surface area contributed by atoms with Gasteiger partial charge < -0.3 is 5.32 Å². The third-order valence-electron chi connectivity index (χ3n) is 3.41. The molecular weight excluding hydrogens is 218 g/mol. The lowest BCUT2D eigenvalue weighted by atomic mass is 10.00. The molecule has 1 unspecified atom stereocenters. The molecule has 1 rings (SSSR count). The molecule has 0 radical (unpaired) electrons. The lowest BCUT2D eigenvalue weighted by molar-refractivity contribution is 0.453. The van der Waals surface area contributed by atoms with Gasteiger partial charge in [0.05, 0.1) is 0 Å². The summed E-state index contributed by atoms with van der Waals surface area (Å²) in [4.78, 5) is 0. The van der Waals surface area contributed by atoms with Gasteiger partial charge in [-0.05, 0) is 31.4 Å². The van der Waals surface area contributed by atoms with E-state index in [1.54, 1.807) is 0 Å². The van der Waals surface area contributed by atoms with Gasteiger partial charge in [0.2, 0.25) is 0 Å². The molecular formula is C17H29N. The van der Waals surface area contributed by atoms with E-state index in [-0.39, 0.29) is 0 Å². The SMILES string of the molecule is CCCCCCC(Cc1ccccc1)NCCC. The van der Waals surface area contributed by atoms with E-state index in [0.29, 0.717) is 6.04 Å². The van der Waals surface area contributed by atoms with E-state index in [4.69, 9.17) is 0 Å². The van der Waals surface area contributed by atoms with Crippen LogP contribution >= 0.6 is 0 Å². The summed E-state index contributed by atoms with van der Waals surface area (Å²) in [5, 5.41) is 3.69. The average molecular weight is 247 g/mol. The van der Waals surface area contributed by atoms with Crippen molar-refractivity contribution in [3.8, 4) is 0 Å². The Morgan fingerprint density at radius 1 is 0.944 bits per heavy atom. The van der Waals surface area contributed by atoms with Gasteiger partial charge >= 0.3 is 0 Å². The fourth-order valence-electron chi connectivity index (χ4n) is 2.34. The van der Waals surface area contributed by atoms with Crippen LogP contribution in [-0.2, 0) is 6.42 Å². The van der Waals surface area contributed by atoms with Crippen molar-refractivity contribution in [2.24, 2.45) is 0 Å². The Kier molecular flexibility index (Phi) is 8.58. The number of rotatable bonds is 10. The summed E-state index contributed by atoms with van der Waals surface area (Å²) >= 11 is 0. The largest absolute Gasteiger partial charge is 0.314 e. The van der Waals surface area contributed by atoms with Crippen LogP contribution < -0.4 is 5.32 Å². The van der Waals surface area contributed by atoms with E-state index < -0.39 is 0 Å². The van der Waals surface area contributed by atoms with Gasteiger partial charge in [-0.2, -0.15) is 0 Å². The highest BCUT2D eigenvalue weighted by Crippen LogP contribution is 2.11. The van der Waals surface area contributed by atoms with Gasteiger partial charge in [0.25, 0.3) is 0 Å². The van der Waals surface area contributed by atoms with Crippen molar-refractivity contribution in [3.63, 3.8) is 0 Å². The first-order valence-electron chi connectivity index (χ1n) is 7.64. The van der Waals surface area contributed by atoms with Crippen LogP contribution in [0.25, 0.3) is 0 Å². The summed E-state index contributed by atoms with van der Waals surface area (Å²) in [7, 11) is 0. The van der Waals surface area contributed by atoms with Crippen molar-refractivity contribution >= 4 is 0 Å². The monoisotopic (exact) mass is 247 g/mol. The molecule has 0 amide bonds. The minimum absolute atomic E-state index is 0.657. The van der Waals surface area contributed by atoms with Crippen LogP contribution in [0.15, 0.2) is 30.3 Å². The normalized spacial score (nSPS) is 12.6. The van der Waals surface area contributed by atoms with E-state index in [1.165, 1.54) is 50.5 Å². The maximum absolute atomic E-state index is 3.69. The molecule has 1 N–H and O–H groups in total. The Balaban J connectivity index is 2.35. The molecule has 0 fully saturated rings. The molecule has 0 saturated carbocycles.